The van der Waals surface area contributed by atoms with Crippen molar-refractivity contribution in [2.45, 2.75) is 19.3 Å². The molecule has 2 fully saturated rings. The Morgan fingerprint density at radius 2 is 1.75 bits per heavy atom. The highest BCUT2D eigenvalue weighted by Gasteiger charge is 2.37. The monoisotopic (exact) mass is 599 g/mol. The zero-order valence-corrected chi connectivity index (χ0v) is 24.3. The van der Waals surface area contributed by atoms with Gasteiger partial charge in [-0.05, 0) is 73.9 Å². The zero-order valence-electron chi connectivity index (χ0n) is 24.3. The number of methoxy groups -OCH3 is 1. The number of anilines is 1. The topological polar surface area (TPSA) is 124 Å². The molecule has 44 heavy (non-hydrogen) atoms. The van der Waals surface area contributed by atoms with Gasteiger partial charge in [0, 0.05) is 24.4 Å². The van der Waals surface area contributed by atoms with E-state index in [9.17, 15) is 9.59 Å². The van der Waals surface area contributed by atoms with Crippen LogP contribution in [0.25, 0.3) is 10.9 Å². The Balaban J connectivity index is 1.08. The number of aromatic nitrogens is 2. The molecule has 228 valence electrons. The van der Waals surface area contributed by atoms with Crippen molar-refractivity contribution in [3.8, 4) is 23.1 Å². The van der Waals surface area contributed by atoms with E-state index >= 15 is 4.39 Å². The van der Waals surface area contributed by atoms with E-state index in [4.69, 9.17) is 14.2 Å². The van der Waals surface area contributed by atoms with Gasteiger partial charge in [0.1, 0.15) is 6.33 Å². The number of ether oxygens (including phenoxy) is 3. The minimum Gasteiger partial charge on any atom is -0.493 e. The Labute approximate surface area is 254 Å². The fraction of sp³-hybridized carbons (Fsp3) is 0.333. The lowest BCUT2D eigenvalue weighted by molar-refractivity contribution is -0.136. The third kappa shape index (κ3) is 6.73. The van der Waals surface area contributed by atoms with Crippen LogP contribution in [0, 0.1) is 23.6 Å². The van der Waals surface area contributed by atoms with Crippen molar-refractivity contribution < 1.29 is 28.2 Å². The first-order valence-electron chi connectivity index (χ1n) is 14.7. The summed E-state index contributed by atoms with van der Waals surface area (Å²) in [6.07, 6.45) is 4.23. The Morgan fingerprint density at radius 3 is 2.50 bits per heavy atom. The predicted octanol–water partition coefficient (Wildman–Crippen LogP) is 4.49. The predicted molar refractivity (Wildman–Crippen MR) is 162 cm³/mol. The third-order valence-electron chi connectivity index (χ3n) is 8.26. The maximum absolute atomic E-state index is 15.1. The van der Waals surface area contributed by atoms with Crippen molar-refractivity contribution in [2.75, 3.05) is 38.7 Å². The number of carbonyl (C=O) groups excluding carboxylic acids is 2. The van der Waals surface area contributed by atoms with E-state index in [1.807, 2.05) is 30.3 Å². The number of carbonyl (C=O) groups is 2. The molecule has 6 rings (SSSR count). The van der Waals surface area contributed by atoms with Gasteiger partial charge in [-0.3, -0.25) is 9.59 Å². The molecule has 10 nitrogen and oxygen atoms in total. The van der Waals surface area contributed by atoms with E-state index in [0.29, 0.717) is 47.9 Å². The maximum atomic E-state index is 15.1. The first kappa shape index (κ1) is 29.3. The second-order valence-electron chi connectivity index (χ2n) is 11.2. The summed E-state index contributed by atoms with van der Waals surface area (Å²) < 4.78 is 32.7. The van der Waals surface area contributed by atoms with Gasteiger partial charge in [0.05, 0.1) is 24.6 Å². The molecule has 1 aromatic heterocycles. The summed E-state index contributed by atoms with van der Waals surface area (Å²) in [5.74, 6) is 0.599. The van der Waals surface area contributed by atoms with Crippen molar-refractivity contribution in [1.29, 1.82) is 0 Å². The molecule has 11 heteroatoms. The number of nitrogens with zero attached hydrogens (tertiary/aromatic N) is 2. The lowest BCUT2D eigenvalue weighted by atomic mass is 10.0. The second kappa shape index (κ2) is 13.3. The molecule has 3 N–H and O–H groups in total. The minimum atomic E-state index is -0.897. The van der Waals surface area contributed by atoms with Crippen LogP contribution in [0.3, 0.4) is 0 Å². The summed E-state index contributed by atoms with van der Waals surface area (Å²) in [6, 6.07) is 17.0. The van der Waals surface area contributed by atoms with Crippen molar-refractivity contribution in [1.82, 2.24) is 20.6 Å². The van der Waals surface area contributed by atoms with Crippen LogP contribution >= 0.6 is 0 Å². The van der Waals surface area contributed by atoms with E-state index in [2.05, 4.69) is 25.9 Å². The molecule has 2 amide bonds. The third-order valence-corrected chi connectivity index (χ3v) is 8.26. The minimum absolute atomic E-state index is 0.108. The van der Waals surface area contributed by atoms with Crippen molar-refractivity contribution in [3.63, 3.8) is 0 Å². The second-order valence-corrected chi connectivity index (χ2v) is 11.2. The van der Waals surface area contributed by atoms with Gasteiger partial charge >= 0.3 is 11.8 Å². The van der Waals surface area contributed by atoms with Crippen LogP contribution in [-0.2, 0) is 16.0 Å². The average Bonchev–Trinajstić information content (AvgIpc) is 3.64. The molecule has 0 spiro atoms. The molecule has 1 aliphatic heterocycles. The highest BCUT2D eigenvalue weighted by atomic mass is 19.1. The fourth-order valence-corrected chi connectivity index (χ4v) is 6.03. The largest absolute Gasteiger partial charge is 0.493 e. The van der Waals surface area contributed by atoms with Crippen LogP contribution in [0.5, 0.6) is 23.1 Å². The Bertz CT molecular complexity index is 1640. The first-order valence-corrected chi connectivity index (χ1v) is 14.7. The molecule has 1 aliphatic carbocycles. The van der Waals surface area contributed by atoms with Gasteiger partial charge in [0.25, 0.3) is 0 Å². The number of rotatable bonds is 10. The van der Waals surface area contributed by atoms with E-state index < -0.39 is 17.6 Å². The first-order chi connectivity index (χ1) is 21.5. The molecule has 2 aliphatic rings. The maximum Gasteiger partial charge on any atom is 0.313 e. The summed E-state index contributed by atoms with van der Waals surface area (Å²) in [7, 11) is 1.56. The smallest absolute Gasteiger partial charge is 0.313 e. The lowest BCUT2D eigenvalue weighted by Crippen LogP contribution is -2.36. The molecule has 0 radical (unpaired) electrons. The summed E-state index contributed by atoms with van der Waals surface area (Å²) in [4.78, 5) is 33.1. The molecule has 0 bridgehead atoms. The molecule has 2 heterocycles. The zero-order chi connectivity index (χ0) is 30.5. The van der Waals surface area contributed by atoms with Crippen molar-refractivity contribution in [3.05, 3.63) is 78.4 Å². The highest BCUT2D eigenvalue weighted by molar-refractivity contribution is 6.39. The van der Waals surface area contributed by atoms with Crippen LogP contribution in [0.2, 0.25) is 0 Å². The average molecular weight is 600 g/mol. The van der Waals surface area contributed by atoms with Crippen molar-refractivity contribution in [2.24, 2.45) is 17.8 Å². The van der Waals surface area contributed by atoms with Gasteiger partial charge in [-0.15, -0.1) is 0 Å². The molecule has 2 atom stereocenters. The molecular formula is C33H34FN5O5. The van der Waals surface area contributed by atoms with E-state index in [-0.39, 0.29) is 17.3 Å². The van der Waals surface area contributed by atoms with Gasteiger partial charge in [0.15, 0.2) is 23.1 Å². The normalized spacial score (nSPS) is 18.9. The van der Waals surface area contributed by atoms with Gasteiger partial charge in [0.2, 0.25) is 5.88 Å². The number of benzene rings is 3. The Hall–Kier alpha value is -4.77. The molecule has 4 aromatic rings. The van der Waals surface area contributed by atoms with Crippen LogP contribution in [0.1, 0.15) is 18.4 Å². The quantitative estimate of drug-likeness (QED) is 0.228. The van der Waals surface area contributed by atoms with Crippen molar-refractivity contribution >= 4 is 28.4 Å². The van der Waals surface area contributed by atoms with Gasteiger partial charge < -0.3 is 30.2 Å². The lowest BCUT2D eigenvalue weighted by Gasteiger charge is -2.16. The van der Waals surface area contributed by atoms with Crippen LogP contribution in [0.15, 0.2) is 67.0 Å². The van der Waals surface area contributed by atoms with E-state index in [1.165, 1.54) is 18.5 Å². The van der Waals surface area contributed by atoms with Crippen LogP contribution in [-0.4, -0.2) is 55.1 Å². The summed E-state index contributed by atoms with van der Waals surface area (Å²) >= 11 is 0. The standard InChI is InChI=1S/C33H34FN5O5/c1-42-29-14-25-27(15-30(29)43-18-21-11-22-16-35-17-23(22)12-21)37-19-38-33(25)44-28-8-7-24(13-26(28)34)39-32(41)31(40)36-10-9-20-5-3-2-4-6-20/h2-8,13-15,19,21-23,35H,9-12,16-18H2,1H3,(H,36,40)(H,39,41). The summed E-state index contributed by atoms with van der Waals surface area (Å²) in [5.41, 5.74) is 1.70. The van der Waals surface area contributed by atoms with E-state index in [0.717, 1.165) is 49.4 Å². The number of fused-ring (bicyclic) bond motifs is 2. The van der Waals surface area contributed by atoms with Crippen LogP contribution < -0.4 is 30.2 Å². The molecular weight excluding hydrogens is 565 g/mol. The number of hydrogen-bond donors (Lipinski definition) is 3. The Morgan fingerprint density at radius 1 is 0.955 bits per heavy atom. The van der Waals surface area contributed by atoms with Crippen LogP contribution in [0.4, 0.5) is 10.1 Å². The molecule has 2 unspecified atom stereocenters. The molecule has 1 saturated carbocycles. The summed E-state index contributed by atoms with van der Waals surface area (Å²) in [5, 5.41) is 8.96. The highest BCUT2D eigenvalue weighted by Crippen LogP contribution is 2.40. The molecule has 3 aromatic carbocycles. The van der Waals surface area contributed by atoms with Gasteiger partial charge in [-0.2, -0.15) is 0 Å². The number of hydrogen-bond acceptors (Lipinski definition) is 8. The summed E-state index contributed by atoms with van der Waals surface area (Å²) in [6.45, 7) is 3.07. The molecule has 1 saturated heterocycles. The number of amides is 2. The number of nitrogens with one attached hydrogen (secondary N) is 3. The number of halogens is 1. The van der Waals surface area contributed by atoms with E-state index in [1.54, 1.807) is 19.2 Å². The SMILES string of the molecule is COc1cc2c(Oc3ccc(NC(=O)C(=O)NCCc4ccccc4)cc3F)ncnc2cc1OCC1CC2CNCC2C1. The Kier molecular flexibility index (Phi) is 8.83. The fourth-order valence-electron chi connectivity index (χ4n) is 6.03. The van der Waals surface area contributed by atoms with Gasteiger partial charge in [-0.25, -0.2) is 14.4 Å². The van der Waals surface area contributed by atoms with Gasteiger partial charge in [-0.1, -0.05) is 30.3 Å².